The summed E-state index contributed by atoms with van der Waals surface area (Å²) in [7, 11) is -3.40. The fourth-order valence-electron chi connectivity index (χ4n) is 2.50. The van der Waals surface area contributed by atoms with E-state index in [1.54, 1.807) is 23.2 Å². The Labute approximate surface area is 130 Å². The van der Waals surface area contributed by atoms with Crippen molar-refractivity contribution in [3.63, 3.8) is 0 Å². The molecule has 1 saturated heterocycles. The van der Waals surface area contributed by atoms with E-state index in [1.807, 2.05) is 31.2 Å². The Bertz CT molecular complexity index is 751. The molecule has 0 spiro atoms. The van der Waals surface area contributed by atoms with Gasteiger partial charge in [-0.2, -0.15) is 4.31 Å². The highest BCUT2D eigenvalue weighted by Gasteiger charge is 2.31. The third-order valence-electron chi connectivity index (χ3n) is 3.81. The van der Waals surface area contributed by atoms with Gasteiger partial charge in [-0.3, -0.25) is 0 Å². The summed E-state index contributed by atoms with van der Waals surface area (Å²) in [4.78, 5) is 0. The molecular formula is C15H18N4O2S. The normalized spacial score (nSPS) is 20.0. The first-order valence-corrected chi connectivity index (χ1v) is 8.66. The molecule has 6 nitrogen and oxygen atoms in total. The molecule has 1 unspecified atom stereocenters. The fourth-order valence-corrected chi connectivity index (χ4v) is 3.74. The topological polar surface area (TPSA) is 68.1 Å². The van der Waals surface area contributed by atoms with E-state index in [0.29, 0.717) is 13.1 Å². The number of hydrogen-bond donors (Lipinski definition) is 0. The van der Waals surface area contributed by atoms with Crippen LogP contribution in [-0.2, 0) is 10.0 Å². The van der Waals surface area contributed by atoms with Gasteiger partial charge in [0.05, 0.1) is 12.2 Å². The number of aromatic nitrogens is 3. The fraction of sp³-hybridized carbons (Fsp3) is 0.333. The molecule has 1 atom stereocenters. The molecule has 1 aromatic heterocycles. The van der Waals surface area contributed by atoms with E-state index in [9.17, 15) is 8.42 Å². The van der Waals surface area contributed by atoms with Crippen molar-refractivity contribution in [2.24, 2.45) is 0 Å². The zero-order valence-electron chi connectivity index (χ0n) is 12.3. The van der Waals surface area contributed by atoms with Crippen LogP contribution in [0.3, 0.4) is 0 Å². The van der Waals surface area contributed by atoms with Gasteiger partial charge >= 0.3 is 0 Å². The zero-order valence-corrected chi connectivity index (χ0v) is 13.1. The lowest BCUT2D eigenvalue weighted by Crippen LogP contribution is -2.27. The minimum Gasteiger partial charge on any atom is -0.248 e. The van der Waals surface area contributed by atoms with Crippen LogP contribution in [0, 0.1) is 6.92 Å². The van der Waals surface area contributed by atoms with E-state index in [0.717, 1.165) is 17.5 Å². The molecule has 1 aliphatic rings. The van der Waals surface area contributed by atoms with E-state index >= 15 is 0 Å². The van der Waals surface area contributed by atoms with E-state index in [4.69, 9.17) is 0 Å². The van der Waals surface area contributed by atoms with Crippen molar-refractivity contribution in [3.05, 3.63) is 53.2 Å². The number of hydrogen-bond acceptors (Lipinski definition) is 4. The van der Waals surface area contributed by atoms with Gasteiger partial charge in [0.25, 0.3) is 0 Å². The highest BCUT2D eigenvalue weighted by molar-refractivity contribution is 7.92. The summed E-state index contributed by atoms with van der Waals surface area (Å²) in [5, 5.41) is 8.99. The van der Waals surface area contributed by atoms with Crippen LogP contribution in [0.4, 0.5) is 0 Å². The van der Waals surface area contributed by atoms with Crippen LogP contribution < -0.4 is 0 Å². The summed E-state index contributed by atoms with van der Waals surface area (Å²) in [6, 6.07) is 7.80. The van der Waals surface area contributed by atoms with E-state index in [1.165, 1.54) is 9.71 Å². The summed E-state index contributed by atoms with van der Waals surface area (Å²) < 4.78 is 28.0. The number of rotatable bonds is 4. The van der Waals surface area contributed by atoms with Crippen molar-refractivity contribution in [2.45, 2.75) is 19.4 Å². The standard InChI is InChI=1S/C15H18N4O2S/c1-13-2-4-14(5-3-13)7-11-22(20,21)18-9-6-15(12-18)19-10-8-16-17-19/h2-5,7-8,10-11,15H,6,9,12H2,1H3. The Morgan fingerprint density at radius 2 is 2.05 bits per heavy atom. The van der Waals surface area contributed by atoms with Gasteiger partial charge in [0.15, 0.2) is 0 Å². The minimum atomic E-state index is -3.40. The molecule has 0 bridgehead atoms. The predicted octanol–water partition coefficient (Wildman–Crippen LogP) is 1.83. The van der Waals surface area contributed by atoms with Crippen molar-refractivity contribution < 1.29 is 8.42 Å². The summed E-state index contributed by atoms with van der Waals surface area (Å²) in [6.45, 7) is 2.94. The first kappa shape index (κ1) is 14.9. The SMILES string of the molecule is Cc1ccc(C=CS(=O)(=O)N2CCC(n3ccnn3)C2)cc1. The monoisotopic (exact) mass is 318 g/mol. The lowest BCUT2D eigenvalue weighted by atomic mass is 10.2. The van der Waals surface area contributed by atoms with E-state index in [2.05, 4.69) is 10.3 Å². The second-order valence-corrected chi connectivity index (χ2v) is 7.26. The van der Waals surface area contributed by atoms with Gasteiger partial charge in [-0.1, -0.05) is 35.0 Å². The molecule has 0 saturated carbocycles. The second-order valence-electron chi connectivity index (χ2n) is 5.44. The average molecular weight is 318 g/mol. The lowest BCUT2D eigenvalue weighted by molar-refractivity contribution is 0.432. The van der Waals surface area contributed by atoms with Crippen LogP contribution in [0.15, 0.2) is 42.1 Å². The first-order valence-electron chi connectivity index (χ1n) is 7.15. The smallest absolute Gasteiger partial charge is 0.236 e. The number of aryl methyl sites for hydroxylation is 1. The highest BCUT2D eigenvalue weighted by Crippen LogP contribution is 2.23. The van der Waals surface area contributed by atoms with Crippen molar-refractivity contribution in [3.8, 4) is 0 Å². The molecule has 1 aliphatic heterocycles. The van der Waals surface area contributed by atoms with Gasteiger partial charge in [0.1, 0.15) is 0 Å². The molecule has 2 aromatic rings. The largest absolute Gasteiger partial charge is 0.248 e. The summed E-state index contributed by atoms with van der Waals surface area (Å²) >= 11 is 0. The molecular weight excluding hydrogens is 300 g/mol. The summed E-state index contributed by atoms with van der Waals surface area (Å²) in [5.41, 5.74) is 2.02. The molecule has 1 aromatic carbocycles. The van der Waals surface area contributed by atoms with Crippen molar-refractivity contribution in [1.29, 1.82) is 0 Å². The molecule has 0 aliphatic carbocycles. The van der Waals surface area contributed by atoms with Crippen LogP contribution >= 0.6 is 0 Å². The lowest BCUT2D eigenvalue weighted by Gasteiger charge is -2.13. The Morgan fingerprint density at radius 1 is 1.27 bits per heavy atom. The van der Waals surface area contributed by atoms with Gasteiger partial charge < -0.3 is 0 Å². The Kier molecular flexibility index (Phi) is 4.08. The number of nitrogens with zero attached hydrogens (tertiary/aromatic N) is 4. The minimum absolute atomic E-state index is 0.0602. The molecule has 1 fully saturated rings. The van der Waals surface area contributed by atoms with Gasteiger partial charge in [0.2, 0.25) is 10.0 Å². The number of sulfonamides is 1. The molecule has 3 rings (SSSR count). The molecule has 0 amide bonds. The van der Waals surface area contributed by atoms with Crippen molar-refractivity contribution >= 4 is 16.1 Å². The zero-order chi connectivity index (χ0) is 15.6. The Balaban J connectivity index is 1.70. The summed E-state index contributed by atoms with van der Waals surface area (Å²) in [6.07, 6.45) is 5.76. The second kappa shape index (κ2) is 6.02. The van der Waals surface area contributed by atoms with Crippen molar-refractivity contribution in [1.82, 2.24) is 19.3 Å². The van der Waals surface area contributed by atoms with E-state index in [-0.39, 0.29) is 6.04 Å². The van der Waals surface area contributed by atoms with Gasteiger partial charge in [-0.25, -0.2) is 13.1 Å². The van der Waals surface area contributed by atoms with Crippen LogP contribution in [0.5, 0.6) is 0 Å². The molecule has 0 radical (unpaired) electrons. The quantitative estimate of drug-likeness (QED) is 0.862. The molecule has 0 N–H and O–H groups in total. The number of benzene rings is 1. The first-order chi connectivity index (χ1) is 10.5. The van der Waals surface area contributed by atoms with Gasteiger partial charge in [-0.15, -0.1) is 5.10 Å². The molecule has 7 heteroatoms. The molecule has 116 valence electrons. The van der Waals surface area contributed by atoms with Crippen LogP contribution in [0.25, 0.3) is 6.08 Å². The van der Waals surface area contributed by atoms with Crippen LogP contribution in [0.1, 0.15) is 23.6 Å². The summed E-state index contributed by atoms with van der Waals surface area (Å²) in [5.74, 6) is 0. The maximum Gasteiger partial charge on any atom is 0.236 e. The highest BCUT2D eigenvalue weighted by atomic mass is 32.2. The predicted molar refractivity (Wildman–Crippen MR) is 84.4 cm³/mol. The molecule has 2 heterocycles. The van der Waals surface area contributed by atoms with Crippen LogP contribution in [0.2, 0.25) is 0 Å². The van der Waals surface area contributed by atoms with Gasteiger partial charge in [0, 0.05) is 24.7 Å². The molecule has 22 heavy (non-hydrogen) atoms. The average Bonchev–Trinajstić information content (AvgIpc) is 3.18. The van der Waals surface area contributed by atoms with Gasteiger partial charge in [-0.05, 0) is 25.0 Å². The van der Waals surface area contributed by atoms with E-state index < -0.39 is 10.0 Å². The third-order valence-corrected chi connectivity index (χ3v) is 5.34. The van der Waals surface area contributed by atoms with Crippen LogP contribution in [-0.4, -0.2) is 40.8 Å². The Hall–Kier alpha value is -1.99. The Morgan fingerprint density at radius 3 is 2.73 bits per heavy atom. The maximum absolute atomic E-state index is 12.4. The van der Waals surface area contributed by atoms with Crippen molar-refractivity contribution in [2.75, 3.05) is 13.1 Å². The third kappa shape index (κ3) is 3.26. The maximum atomic E-state index is 12.4.